The van der Waals surface area contributed by atoms with Crippen molar-refractivity contribution in [2.45, 2.75) is 6.42 Å². The number of carbonyl (C=O) groups is 1. The van der Waals surface area contributed by atoms with Crippen molar-refractivity contribution in [1.82, 2.24) is 0 Å². The van der Waals surface area contributed by atoms with Crippen LogP contribution in [0, 0.1) is 5.82 Å². The molecule has 2 rings (SSSR count). The highest BCUT2D eigenvalue weighted by molar-refractivity contribution is 6.32. The molecule has 3 nitrogen and oxygen atoms in total. The molecule has 0 aliphatic carbocycles. The van der Waals surface area contributed by atoms with E-state index in [1.165, 1.54) is 32.4 Å². The third-order valence-corrected chi connectivity index (χ3v) is 3.35. The first-order chi connectivity index (χ1) is 10.1. The summed E-state index contributed by atoms with van der Waals surface area (Å²) in [6, 6.07) is 9.20. The summed E-state index contributed by atoms with van der Waals surface area (Å²) in [5.74, 6) is 0.0730. The Kier molecular flexibility index (Phi) is 4.81. The van der Waals surface area contributed by atoms with Crippen LogP contribution in [0.2, 0.25) is 5.02 Å². The number of ketones is 1. The van der Waals surface area contributed by atoms with Gasteiger partial charge >= 0.3 is 0 Å². The van der Waals surface area contributed by atoms with Gasteiger partial charge in [0, 0.05) is 12.0 Å². The Morgan fingerprint density at radius 3 is 2.52 bits per heavy atom. The van der Waals surface area contributed by atoms with Crippen molar-refractivity contribution >= 4 is 17.4 Å². The Bertz CT molecular complexity index is 671. The van der Waals surface area contributed by atoms with E-state index in [2.05, 4.69) is 0 Å². The van der Waals surface area contributed by atoms with Gasteiger partial charge in [0.2, 0.25) is 0 Å². The predicted molar refractivity (Wildman–Crippen MR) is 79.0 cm³/mol. The lowest BCUT2D eigenvalue weighted by Gasteiger charge is -2.11. The van der Waals surface area contributed by atoms with E-state index in [1.807, 2.05) is 0 Å². The number of benzene rings is 2. The first-order valence-corrected chi connectivity index (χ1v) is 6.62. The lowest BCUT2D eigenvalue weighted by Crippen LogP contribution is -2.06. The molecule has 21 heavy (non-hydrogen) atoms. The number of rotatable bonds is 5. The minimum Gasteiger partial charge on any atom is -0.493 e. The molecular formula is C16H14ClFO3. The molecule has 0 fully saturated rings. The summed E-state index contributed by atoms with van der Waals surface area (Å²) in [7, 11) is 2.92. The summed E-state index contributed by atoms with van der Waals surface area (Å²) in [6.07, 6.45) is -0.0432. The van der Waals surface area contributed by atoms with Gasteiger partial charge in [-0.15, -0.1) is 0 Å². The SMILES string of the molecule is COc1cc(C(=O)Cc2ccccc2F)cc(Cl)c1OC. The van der Waals surface area contributed by atoms with Crippen LogP contribution in [0.15, 0.2) is 36.4 Å². The standard InChI is InChI=1S/C16H14ClFO3/c1-20-15-9-11(7-12(17)16(15)21-2)14(19)8-10-5-3-4-6-13(10)18/h3-7,9H,8H2,1-2H3. The molecule has 0 unspecified atom stereocenters. The average molecular weight is 309 g/mol. The zero-order valence-electron chi connectivity index (χ0n) is 11.7. The molecule has 5 heteroatoms. The number of hydrogen-bond donors (Lipinski definition) is 0. The number of halogens is 2. The first kappa shape index (κ1) is 15.3. The zero-order valence-corrected chi connectivity index (χ0v) is 12.4. The smallest absolute Gasteiger partial charge is 0.179 e. The molecule has 110 valence electrons. The van der Waals surface area contributed by atoms with Gasteiger partial charge in [-0.2, -0.15) is 0 Å². The van der Waals surface area contributed by atoms with Gasteiger partial charge in [0.15, 0.2) is 17.3 Å². The molecule has 2 aromatic carbocycles. The lowest BCUT2D eigenvalue weighted by molar-refractivity contribution is 0.0991. The summed E-state index contributed by atoms with van der Waals surface area (Å²) in [5.41, 5.74) is 0.689. The summed E-state index contributed by atoms with van der Waals surface area (Å²) in [4.78, 5) is 12.3. The Labute approximate surface area is 127 Å². The van der Waals surface area contributed by atoms with Crippen molar-refractivity contribution in [2.75, 3.05) is 14.2 Å². The van der Waals surface area contributed by atoms with E-state index in [0.29, 0.717) is 22.6 Å². The first-order valence-electron chi connectivity index (χ1n) is 6.25. The van der Waals surface area contributed by atoms with E-state index in [-0.39, 0.29) is 17.2 Å². The van der Waals surface area contributed by atoms with Crippen LogP contribution in [-0.4, -0.2) is 20.0 Å². The third kappa shape index (κ3) is 3.34. The second-order valence-electron chi connectivity index (χ2n) is 4.38. The number of hydrogen-bond acceptors (Lipinski definition) is 3. The van der Waals surface area contributed by atoms with E-state index < -0.39 is 5.82 Å². The number of carbonyl (C=O) groups excluding carboxylic acids is 1. The van der Waals surface area contributed by atoms with Gasteiger partial charge in [-0.25, -0.2) is 4.39 Å². The van der Waals surface area contributed by atoms with Crippen molar-refractivity contribution in [3.05, 3.63) is 58.4 Å². The summed E-state index contributed by atoms with van der Waals surface area (Å²) < 4.78 is 23.8. The zero-order chi connectivity index (χ0) is 15.4. The maximum atomic E-state index is 13.6. The molecule has 0 aliphatic heterocycles. The van der Waals surface area contributed by atoms with Crippen LogP contribution in [0.5, 0.6) is 11.5 Å². The van der Waals surface area contributed by atoms with Gasteiger partial charge in [0.25, 0.3) is 0 Å². The molecule has 0 saturated carbocycles. The lowest BCUT2D eigenvalue weighted by atomic mass is 10.0. The van der Waals surface area contributed by atoms with Crippen LogP contribution in [-0.2, 0) is 6.42 Å². The quantitative estimate of drug-likeness (QED) is 0.785. The fourth-order valence-corrected chi connectivity index (χ4v) is 2.28. The molecule has 0 heterocycles. The maximum absolute atomic E-state index is 13.6. The minimum absolute atomic E-state index is 0.0432. The summed E-state index contributed by atoms with van der Waals surface area (Å²) in [6.45, 7) is 0. The van der Waals surface area contributed by atoms with Crippen molar-refractivity contribution in [3.8, 4) is 11.5 Å². The topological polar surface area (TPSA) is 35.5 Å². The normalized spacial score (nSPS) is 10.3. The molecule has 0 bridgehead atoms. The fourth-order valence-electron chi connectivity index (χ4n) is 2.00. The molecule has 0 spiro atoms. The molecule has 0 saturated heterocycles. The third-order valence-electron chi connectivity index (χ3n) is 3.06. The van der Waals surface area contributed by atoms with Crippen molar-refractivity contribution in [3.63, 3.8) is 0 Å². The number of methoxy groups -OCH3 is 2. The number of Topliss-reactive ketones (excluding diaryl/α,β-unsaturated/α-hetero) is 1. The summed E-state index contributed by atoms with van der Waals surface area (Å²) >= 11 is 6.06. The minimum atomic E-state index is -0.405. The molecule has 0 radical (unpaired) electrons. The Hall–Kier alpha value is -2.07. The van der Waals surface area contributed by atoms with Gasteiger partial charge in [-0.05, 0) is 23.8 Å². The predicted octanol–water partition coefficient (Wildman–Crippen LogP) is 3.92. The second kappa shape index (κ2) is 6.59. The van der Waals surface area contributed by atoms with Gasteiger partial charge < -0.3 is 9.47 Å². The Morgan fingerprint density at radius 2 is 1.90 bits per heavy atom. The molecule has 2 aromatic rings. The summed E-state index contributed by atoms with van der Waals surface area (Å²) in [5, 5.41) is 0.272. The Balaban J connectivity index is 2.32. The molecule has 0 amide bonds. The van der Waals surface area contributed by atoms with Crippen LogP contribution in [0.3, 0.4) is 0 Å². The van der Waals surface area contributed by atoms with Gasteiger partial charge in [-0.3, -0.25) is 4.79 Å². The van der Waals surface area contributed by atoms with E-state index >= 15 is 0 Å². The van der Waals surface area contributed by atoms with Crippen molar-refractivity contribution < 1.29 is 18.7 Å². The molecule has 0 aliphatic rings. The van der Waals surface area contributed by atoms with E-state index in [1.54, 1.807) is 18.2 Å². The highest BCUT2D eigenvalue weighted by atomic mass is 35.5. The Morgan fingerprint density at radius 1 is 1.19 bits per heavy atom. The number of ether oxygens (including phenoxy) is 2. The maximum Gasteiger partial charge on any atom is 0.179 e. The van der Waals surface area contributed by atoms with E-state index in [0.717, 1.165) is 0 Å². The molecule has 0 aromatic heterocycles. The van der Waals surface area contributed by atoms with Crippen LogP contribution in [0.4, 0.5) is 4.39 Å². The average Bonchev–Trinajstić information content (AvgIpc) is 2.48. The van der Waals surface area contributed by atoms with Gasteiger partial charge in [0.1, 0.15) is 5.82 Å². The van der Waals surface area contributed by atoms with Gasteiger partial charge in [0.05, 0.1) is 19.2 Å². The fraction of sp³-hybridized carbons (Fsp3) is 0.188. The molecule has 0 atom stereocenters. The van der Waals surface area contributed by atoms with Crippen LogP contribution < -0.4 is 9.47 Å². The second-order valence-corrected chi connectivity index (χ2v) is 4.79. The van der Waals surface area contributed by atoms with Gasteiger partial charge in [-0.1, -0.05) is 29.8 Å². The van der Waals surface area contributed by atoms with Crippen molar-refractivity contribution in [2.24, 2.45) is 0 Å². The monoisotopic (exact) mass is 308 g/mol. The highest BCUT2D eigenvalue weighted by Crippen LogP contribution is 2.36. The largest absolute Gasteiger partial charge is 0.493 e. The van der Waals surface area contributed by atoms with Crippen LogP contribution in [0.25, 0.3) is 0 Å². The molecular weight excluding hydrogens is 295 g/mol. The van der Waals surface area contributed by atoms with Crippen molar-refractivity contribution in [1.29, 1.82) is 0 Å². The van der Waals surface area contributed by atoms with Crippen LogP contribution >= 0.6 is 11.6 Å². The van der Waals surface area contributed by atoms with Crippen LogP contribution in [0.1, 0.15) is 15.9 Å². The van der Waals surface area contributed by atoms with E-state index in [9.17, 15) is 9.18 Å². The highest BCUT2D eigenvalue weighted by Gasteiger charge is 2.16. The van der Waals surface area contributed by atoms with E-state index in [4.69, 9.17) is 21.1 Å². The molecule has 0 N–H and O–H groups in total.